The van der Waals surface area contributed by atoms with Gasteiger partial charge < -0.3 is 14.5 Å². The van der Waals surface area contributed by atoms with Crippen LogP contribution in [0.3, 0.4) is 0 Å². The van der Waals surface area contributed by atoms with Crippen LogP contribution < -0.4 is 9.64 Å². The molecule has 1 aliphatic carbocycles. The molecule has 2 amide bonds. The van der Waals surface area contributed by atoms with Crippen molar-refractivity contribution >= 4 is 35.0 Å². The van der Waals surface area contributed by atoms with Crippen molar-refractivity contribution in [2.75, 3.05) is 11.9 Å². The van der Waals surface area contributed by atoms with Gasteiger partial charge in [-0.15, -0.1) is 5.06 Å². The second-order valence-electron chi connectivity index (χ2n) is 8.90. The molecule has 0 radical (unpaired) electrons. The van der Waals surface area contributed by atoms with Crippen LogP contribution in [0.2, 0.25) is 0 Å². The number of anilines is 1. The van der Waals surface area contributed by atoms with Gasteiger partial charge in [0.2, 0.25) is 0 Å². The summed E-state index contributed by atoms with van der Waals surface area (Å²) in [6.07, 6.45) is 6.59. The molecular formula is C28H24N2O6. The minimum Gasteiger partial charge on any atom is -0.422 e. The van der Waals surface area contributed by atoms with Crippen molar-refractivity contribution < 1.29 is 28.8 Å². The van der Waals surface area contributed by atoms with Crippen molar-refractivity contribution in [3.63, 3.8) is 0 Å². The van der Waals surface area contributed by atoms with Crippen LogP contribution in [-0.2, 0) is 19.2 Å². The predicted octanol–water partition coefficient (Wildman–Crippen LogP) is 4.18. The Morgan fingerprint density at radius 3 is 2.31 bits per heavy atom. The van der Waals surface area contributed by atoms with Gasteiger partial charge in [0.25, 0.3) is 11.8 Å². The van der Waals surface area contributed by atoms with E-state index < -0.39 is 23.8 Å². The number of likely N-dealkylation sites (N-methyl/N-ethyl adjacent to an activating group) is 1. The molecule has 36 heavy (non-hydrogen) atoms. The number of hydroxylamine groups is 2. The maximum absolute atomic E-state index is 13.6. The number of carbonyl (C=O) groups is 4. The number of imide groups is 1. The van der Waals surface area contributed by atoms with E-state index in [1.54, 1.807) is 13.8 Å². The van der Waals surface area contributed by atoms with E-state index in [1.165, 1.54) is 12.1 Å². The quantitative estimate of drug-likeness (QED) is 0.365. The molecule has 3 aliphatic rings. The highest BCUT2D eigenvalue weighted by Crippen LogP contribution is 2.42. The number of esters is 1. The average Bonchev–Trinajstić information content (AvgIpc) is 3.18. The van der Waals surface area contributed by atoms with Gasteiger partial charge in [0, 0.05) is 36.8 Å². The Kier molecular flexibility index (Phi) is 5.80. The molecule has 1 fully saturated rings. The molecule has 2 aliphatic heterocycles. The number of carbonyl (C=O) groups excluding carboxylic acids is 4. The summed E-state index contributed by atoms with van der Waals surface area (Å²) in [5, 5.41) is 0.510. The Hall–Kier alpha value is -4.46. The third-order valence-electron chi connectivity index (χ3n) is 6.49. The standard InChI is InChI=1S/C28H24N2O6/c1-16-14-18(27(33)36-30-23(31)12-13-24(30)32)15-17(2)26(16)35-28(34)25-19-8-4-6-10-21(19)29(3)22-11-7-5-9-20(22)25/h4-8,10-11,14-15H,9,12-13H2,1-3H3. The lowest BCUT2D eigenvalue weighted by Crippen LogP contribution is -2.32. The van der Waals surface area contributed by atoms with Gasteiger partial charge in [-0.2, -0.15) is 0 Å². The zero-order chi connectivity index (χ0) is 25.6. The lowest BCUT2D eigenvalue weighted by Gasteiger charge is -2.34. The lowest BCUT2D eigenvalue weighted by atomic mass is 9.87. The lowest BCUT2D eigenvalue weighted by molar-refractivity contribution is -0.172. The first-order valence-electron chi connectivity index (χ1n) is 11.6. The number of ether oxygens (including phenoxy) is 1. The molecule has 0 atom stereocenters. The van der Waals surface area contributed by atoms with Crippen LogP contribution in [0.25, 0.3) is 5.57 Å². The van der Waals surface area contributed by atoms with E-state index in [9.17, 15) is 19.2 Å². The number of allylic oxidation sites excluding steroid dienone is 4. The first-order valence-corrected chi connectivity index (χ1v) is 11.6. The molecule has 0 bridgehead atoms. The summed E-state index contributed by atoms with van der Waals surface area (Å²) in [4.78, 5) is 56.8. The molecule has 2 heterocycles. The minimum atomic E-state index is -0.833. The maximum atomic E-state index is 13.6. The predicted molar refractivity (Wildman–Crippen MR) is 132 cm³/mol. The average molecular weight is 485 g/mol. The zero-order valence-electron chi connectivity index (χ0n) is 20.2. The van der Waals surface area contributed by atoms with E-state index in [0.29, 0.717) is 33.9 Å². The molecule has 0 unspecified atom stereocenters. The monoisotopic (exact) mass is 484 g/mol. The van der Waals surface area contributed by atoms with Crippen LogP contribution in [-0.4, -0.2) is 35.9 Å². The molecule has 0 spiro atoms. The molecule has 2 aromatic carbocycles. The Labute approximate surface area is 208 Å². The van der Waals surface area contributed by atoms with Crippen LogP contribution in [0, 0.1) is 13.8 Å². The summed E-state index contributed by atoms with van der Waals surface area (Å²) < 4.78 is 5.92. The minimum absolute atomic E-state index is 0.0164. The molecule has 5 rings (SSSR count). The van der Waals surface area contributed by atoms with Crippen LogP contribution in [0.15, 0.2) is 65.9 Å². The van der Waals surface area contributed by atoms with Crippen molar-refractivity contribution in [1.29, 1.82) is 0 Å². The van der Waals surface area contributed by atoms with E-state index >= 15 is 0 Å². The maximum Gasteiger partial charge on any atom is 0.363 e. The van der Waals surface area contributed by atoms with Gasteiger partial charge in [-0.3, -0.25) is 9.59 Å². The molecule has 0 aromatic heterocycles. The summed E-state index contributed by atoms with van der Waals surface area (Å²) in [6, 6.07) is 10.7. The van der Waals surface area contributed by atoms with Gasteiger partial charge in [-0.25, -0.2) is 9.59 Å². The van der Waals surface area contributed by atoms with Crippen LogP contribution in [0.5, 0.6) is 5.75 Å². The Balaban J connectivity index is 1.45. The summed E-state index contributed by atoms with van der Waals surface area (Å²) in [5.74, 6) is -2.08. The van der Waals surface area contributed by atoms with Gasteiger partial charge in [-0.05, 0) is 61.2 Å². The van der Waals surface area contributed by atoms with Crippen molar-refractivity contribution in [2.45, 2.75) is 33.1 Å². The van der Waals surface area contributed by atoms with Gasteiger partial charge in [0.1, 0.15) is 5.75 Å². The number of hydrogen-bond donors (Lipinski definition) is 0. The molecule has 182 valence electrons. The fourth-order valence-electron chi connectivity index (χ4n) is 4.76. The molecule has 8 heteroatoms. The Morgan fingerprint density at radius 1 is 0.944 bits per heavy atom. The summed E-state index contributed by atoms with van der Waals surface area (Å²) in [6.45, 7) is 3.43. The van der Waals surface area contributed by atoms with Gasteiger partial charge in [0.15, 0.2) is 0 Å². The van der Waals surface area contributed by atoms with E-state index in [-0.39, 0.29) is 18.4 Å². The first-order chi connectivity index (χ1) is 17.3. The number of para-hydroxylation sites is 1. The molecule has 0 N–H and O–H groups in total. The highest BCUT2D eigenvalue weighted by Gasteiger charge is 2.34. The van der Waals surface area contributed by atoms with E-state index in [2.05, 4.69) is 4.90 Å². The number of amides is 2. The van der Waals surface area contributed by atoms with Crippen molar-refractivity contribution in [3.05, 3.63) is 88.2 Å². The number of benzene rings is 2. The number of aryl methyl sites for hydroxylation is 2. The molecule has 8 nitrogen and oxygen atoms in total. The third kappa shape index (κ3) is 3.90. The number of fused-ring (bicyclic) bond motifs is 2. The molecule has 0 saturated carbocycles. The molecule has 2 aromatic rings. The molecular weight excluding hydrogens is 460 g/mol. The largest absolute Gasteiger partial charge is 0.422 e. The highest BCUT2D eigenvalue weighted by molar-refractivity contribution is 6.22. The number of hydrogen-bond acceptors (Lipinski definition) is 7. The topological polar surface area (TPSA) is 93.2 Å². The summed E-state index contributed by atoms with van der Waals surface area (Å²) in [7, 11) is 1.97. The van der Waals surface area contributed by atoms with Gasteiger partial charge in [-0.1, -0.05) is 30.4 Å². The van der Waals surface area contributed by atoms with Crippen LogP contribution in [0.1, 0.15) is 46.3 Å². The van der Waals surface area contributed by atoms with Crippen molar-refractivity contribution in [1.82, 2.24) is 5.06 Å². The van der Waals surface area contributed by atoms with Gasteiger partial charge >= 0.3 is 11.9 Å². The van der Waals surface area contributed by atoms with Crippen LogP contribution >= 0.6 is 0 Å². The second kappa shape index (κ2) is 8.96. The zero-order valence-corrected chi connectivity index (χ0v) is 20.2. The van der Waals surface area contributed by atoms with Crippen LogP contribution in [0.4, 0.5) is 5.69 Å². The van der Waals surface area contributed by atoms with E-state index in [4.69, 9.17) is 9.57 Å². The fourth-order valence-corrected chi connectivity index (χ4v) is 4.76. The SMILES string of the molecule is Cc1cc(C(=O)ON2C(=O)CCC2=O)cc(C)c1OC(=O)C1=C2CC=CC=C2N(C)c2ccccc21. The van der Waals surface area contributed by atoms with Gasteiger partial charge in [0.05, 0.1) is 11.1 Å². The highest BCUT2D eigenvalue weighted by atomic mass is 16.7. The Morgan fingerprint density at radius 2 is 1.61 bits per heavy atom. The fraction of sp³-hybridized carbons (Fsp3) is 0.214. The van der Waals surface area contributed by atoms with E-state index in [1.807, 2.05) is 49.5 Å². The smallest absolute Gasteiger partial charge is 0.363 e. The number of rotatable bonds is 4. The molecule has 1 saturated heterocycles. The van der Waals surface area contributed by atoms with Crippen molar-refractivity contribution in [2.24, 2.45) is 0 Å². The second-order valence-corrected chi connectivity index (χ2v) is 8.90. The normalized spacial score (nSPS) is 16.6. The Bertz CT molecular complexity index is 1390. The van der Waals surface area contributed by atoms with E-state index in [0.717, 1.165) is 22.5 Å². The summed E-state index contributed by atoms with van der Waals surface area (Å²) in [5.41, 5.74) is 5.27. The van der Waals surface area contributed by atoms with Crippen molar-refractivity contribution in [3.8, 4) is 5.75 Å². The summed E-state index contributed by atoms with van der Waals surface area (Å²) >= 11 is 0. The number of nitrogens with zero attached hydrogens (tertiary/aromatic N) is 2. The third-order valence-corrected chi connectivity index (χ3v) is 6.49. The first kappa shape index (κ1) is 23.3.